The molecule has 4 rings (SSSR count). The Labute approximate surface area is 200 Å². The van der Waals surface area contributed by atoms with Crippen molar-refractivity contribution in [2.24, 2.45) is 5.92 Å². The van der Waals surface area contributed by atoms with Gasteiger partial charge in [0.05, 0.1) is 11.7 Å². The molecule has 1 amide bonds. The molecule has 1 aromatic heterocycles. The Hall–Kier alpha value is -3.45. The first-order valence-electron chi connectivity index (χ1n) is 11.8. The molecule has 34 heavy (non-hydrogen) atoms. The molecule has 0 unspecified atom stereocenters. The Bertz CT molecular complexity index is 1200. The van der Waals surface area contributed by atoms with Crippen molar-refractivity contribution in [2.45, 2.75) is 38.8 Å². The molecule has 0 spiro atoms. The van der Waals surface area contributed by atoms with E-state index in [1.54, 1.807) is 29.1 Å². The van der Waals surface area contributed by atoms with Crippen LogP contribution in [0.3, 0.4) is 0 Å². The van der Waals surface area contributed by atoms with Crippen molar-refractivity contribution in [3.63, 3.8) is 0 Å². The van der Waals surface area contributed by atoms with Gasteiger partial charge in [-0.15, -0.1) is 0 Å². The summed E-state index contributed by atoms with van der Waals surface area (Å²) in [6, 6.07) is 15.8. The van der Waals surface area contributed by atoms with Gasteiger partial charge in [-0.1, -0.05) is 43.3 Å². The maximum absolute atomic E-state index is 13.5. The smallest absolute Gasteiger partial charge is 0.297 e. The van der Waals surface area contributed by atoms with E-state index in [0.717, 1.165) is 30.5 Å². The summed E-state index contributed by atoms with van der Waals surface area (Å²) in [7, 11) is 4.09. The lowest BCUT2D eigenvalue weighted by Gasteiger charge is -2.28. The third-order valence-electron chi connectivity index (χ3n) is 6.16. The Kier molecular flexibility index (Phi) is 7.12. The number of aromatic nitrogens is 2. The van der Waals surface area contributed by atoms with Crippen molar-refractivity contribution in [2.75, 3.05) is 26.0 Å². The van der Waals surface area contributed by atoms with Gasteiger partial charge in [0.25, 0.3) is 11.5 Å². The van der Waals surface area contributed by atoms with Gasteiger partial charge in [0.15, 0.2) is 5.82 Å². The summed E-state index contributed by atoms with van der Waals surface area (Å²) in [5.74, 6) is 0.406. The summed E-state index contributed by atoms with van der Waals surface area (Å²) >= 11 is 0. The fourth-order valence-electron chi connectivity index (χ4n) is 4.25. The highest BCUT2D eigenvalue weighted by Gasteiger charge is 2.25. The highest BCUT2D eigenvalue weighted by Crippen LogP contribution is 2.26. The second kappa shape index (κ2) is 10.2. The minimum atomic E-state index is -0.247. The highest BCUT2D eigenvalue weighted by molar-refractivity contribution is 5.95. The zero-order chi connectivity index (χ0) is 24.2. The molecule has 2 aromatic carbocycles. The van der Waals surface area contributed by atoms with Gasteiger partial charge < -0.3 is 15.5 Å². The molecule has 7 nitrogen and oxygen atoms in total. The molecule has 1 saturated carbocycles. The molecule has 2 atom stereocenters. The second-order valence-corrected chi connectivity index (χ2v) is 9.47. The maximum atomic E-state index is 13.5. The van der Waals surface area contributed by atoms with E-state index in [1.165, 1.54) is 0 Å². The molecule has 1 fully saturated rings. The van der Waals surface area contributed by atoms with Crippen molar-refractivity contribution in [3.8, 4) is 5.69 Å². The first-order valence-corrected chi connectivity index (χ1v) is 11.8. The Morgan fingerprint density at radius 3 is 2.59 bits per heavy atom. The molecular formula is C27H33N5O2. The normalized spacial score (nSPS) is 15.1. The van der Waals surface area contributed by atoms with E-state index in [0.29, 0.717) is 11.3 Å². The number of aryl methyl sites for hydroxylation is 1. The van der Waals surface area contributed by atoms with Crippen LogP contribution in [0, 0.1) is 12.8 Å². The van der Waals surface area contributed by atoms with Crippen LogP contribution in [0.25, 0.3) is 5.69 Å². The van der Waals surface area contributed by atoms with E-state index >= 15 is 0 Å². The fraction of sp³-hybridized carbons (Fsp3) is 0.370. The number of carbonyl (C=O) groups excluding carboxylic acids is 1. The topological polar surface area (TPSA) is 79.3 Å². The Morgan fingerprint density at radius 1 is 1.18 bits per heavy atom. The van der Waals surface area contributed by atoms with Gasteiger partial charge in [0, 0.05) is 30.5 Å². The van der Waals surface area contributed by atoms with Gasteiger partial charge in [0.2, 0.25) is 0 Å². The van der Waals surface area contributed by atoms with Crippen LogP contribution >= 0.6 is 0 Å². The third-order valence-corrected chi connectivity index (χ3v) is 6.16. The molecular weight excluding hydrogens is 426 g/mol. The standard InChI is InChI=1S/C27H33N5O2/c1-18-10-11-21(26(33)29-22-12-13-22)16-23(18)32-15-14-28-25(27(32)34)30-24(19(2)17-31(3)4)20-8-6-5-7-9-20/h5-11,14-16,19,22,24H,12-13,17H2,1-4H3,(H,28,30)(H,29,33)/t19-,24+/m0/s1. The molecule has 178 valence electrons. The van der Waals surface area contributed by atoms with Crippen molar-refractivity contribution in [3.05, 3.63) is 88.0 Å². The molecule has 2 N–H and O–H groups in total. The molecule has 0 saturated heterocycles. The third kappa shape index (κ3) is 5.54. The number of amides is 1. The quantitative estimate of drug-likeness (QED) is 0.509. The van der Waals surface area contributed by atoms with E-state index in [1.807, 2.05) is 45.3 Å². The van der Waals surface area contributed by atoms with Crippen molar-refractivity contribution >= 4 is 11.7 Å². The number of anilines is 1. The molecule has 0 bridgehead atoms. The summed E-state index contributed by atoms with van der Waals surface area (Å²) in [6.07, 6.45) is 5.33. The summed E-state index contributed by atoms with van der Waals surface area (Å²) in [4.78, 5) is 32.6. The largest absolute Gasteiger partial charge is 0.358 e. The summed E-state index contributed by atoms with van der Waals surface area (Å²) in [5.41, 5.74) is 2.98. The predicted molar refractivity (Wildman–Crippen MR) is 136 cm³/mol. The number of nitrogens with zero attached hydrogens (tertiary/aromatic N) is 3. The minimum Gasteiger partial charge on any atom is -0.358 e. The van der Waals surface area contributed by atoms with Crippen molar-refractivity contribution < 1.29 is 4.79 Å². The molecule has 1 heterocycles. The number of nitrogens with one attached hydrogen (secondary N) is 2. The van der Waals surface area contributed by atoms with Crippen molar-refractivity contribution in [1.82, 2.24) is 19.8 Å². The highest BCUT2D eigenvalue weighted by atomic mass is 16.2. The lowest BCUT2D eigenvalue weighted by molar-refractivity contribution is 0.0951. The zero-order valence-corrected chi connectivity index (χ0v) is 20.3. The lowest BCUT2D eigenvalue weighted by atomic mass is 9.94. The average molecular weight is 460 g/mol. The summed E-state index contributed by atoms with van der Waals surface area (Å²) in [5, 5.41) is 6.43. The molecule has 3 aromatic rings. The Morgan fingerprint density at radius 2 is 1.91 bits per heavy atom. The minimum absolute atomic E-state index is 0.0867. The molecule has 0 aliphatic heterocycles. The number of benzene rings is 2. The predicted octanol–water partition coefficient (Wildman–Crippen LogP) is 3.78. The van der Waals surface area contributed by atoms with E-state index < -0.39 is 0 Å². The number of hydrogen-bond donors (Lipinski definition) is 2. The van der Waals surface area contributed by atoms with Crippen LogP contribution in [0.5, 0.6) is 0 Å². The fourth-order valence-corrected chi connectivity index (χ4v) is 4.25. The van der Waals surface area contributed by atoms with Gasteiger partial charge in [-0.3, -0.25) is 14.2 Å². The van der Waals surface area contributed by atoms with Crippen LogP contribution in [-0.2, 0) is 0 Å². The van der Waals surface area contributed by atoms with Crippen LogP contribution in [0.1, 0.15) is 47.3 Å². The van der Waals surface area contributed by atoms with Crippen LogP contribution in [0.2, 0.25) is 0 Å². The first-order chi connectivity index (χ1) is 16.3. The average Bonchev–Trinajstić information content (AvgIpc) is 3.63. The molecule has 1 aliphatic rings. The number of rotatable bonds is 9. The van der Waals surface area contributed by atoms with Gasteiger partial charge in [-0.25, -0.2) is 4.98 Å². The van der Waals surface area contributed by atoms with Gasteiger partial charge >= 0.3 is 0 Å². The first kappa shape index (κ1) is 23.7. The van der Waals surface area contributed by atoms with E-state index in [2.05, 4.69) is 39.6 Å². The van der Waals surface area contributed by atoms with Gasteiger partial charge in [-0.2, -0.15) is 0 Å². The second-order valence-electron chi connectivity index (χ2n) is 9.47. The van der Waals surface area contributed by atoms with Crippen LogP contribution in [0.4, 0.5) is 5.82 Å². The van der Waals surface area contributed by atoms with Crippen molar-refractivity contribution in [1.29, 1.82) is 0 Å². The Balaban J connectivity index is 1.67. The van der Waals surface area contributed by atoms with E-state index in [4.69, 9.17) is 0 Å². The number of hydrogen-bond acceptors (Lipinski definition) is 5. The van der Waals surface area contributed by atoms with E-state index in [-0.39, 0.29) is 35.3 Å². The number of carbonyl (C=O) groups is 1. The van der Waals surface area contributed by atoms with E-state index in [9.17, 15) is 9.59 Å². The lowest BCUT2D eigenvalue weighted by Crippen LogP contribution is -2.32. The maximum Gasteiger partial charge on any atom is 0.297 e. The SMILES string of the molecule is Cc1ccc(C(=O)NC2CC2)cc1-n1ccnc(N[C@@H](c2ccccc2)[C@@H](C)CN(C)C)c1=O. The monoisotopic (exact) mass is 459 g/mol. The summed E-state index contributed by atoms with van der Waals surface area (Å²) in [6.45, 7) is 4.95. The summed E-state index contributed by atoms with van der Waals surface area (Å²) < 4.78 is 1.57. The molecule has 1 aliphatic carbocycles. The van der Waals surface area contributed by atoms with Gasteiger partial charge in [0.1, 0.15) is 0 Å². The van der Waals surface area contributed by atoms with Gasteiger partial charge in [-0.05, 0) is 63.0 Å². The molecule has 7 heteroatoms. The molecule has 0 radical (unpaired) electrons. The zero-order valence-electron chi connectivity index (χ0n) is 20.3. The van der Waals surface area contributed by atoms with Crippen LogP contribution < -0.4 is 16.2 Å². The van der Waals surface area contributed by atoms with Crippen LogP contribution in [-0.4, -0.2) is 47.0 Å². The van der Waals surface area contributed by atoms with Crippen LogP contribution in [0.15, 0.2) is 65.7 Å².